The predicted molar refractivity (Wildman–Crippen MR) is 81.1 cm³/mol. The van der Waals surface area contributed by atoms with E-state index in [0.717, 1.165) is 30.7 Å². The third-order valence-electron chi connectivity index (χ3n) is 3.62. The van der Waals surface area contributed by atoms with Crippen molar-refractivity contribution >= 4 is 23.2 Å². The molecule has 1 amide bonds. The number of aromatic nitrogens is 1. The first-order valence-corrected chi connectivity index (χ1v) is 8.33. The molecule has 0 radical (unpaired) electrons. The molecule has 1 fully saturated rings. The number of hydrogen-bond acceptors (Lipinski definition) is 5. The molecule has 1 saturated carbocycles. The maximum atomic E-state index is 12.0. The molecule has 0 aliphatic heterocycles. The molecule has 1 aliphatic carbocycles. The van der Waals surface area contributed by atoms with Gasteiger partial charge in [-0.25, -0.2) is 4.98 Å². The summed E-state index contributed by atoms with van der Waals surface area (Å²) in [7, 11) is 0. The summed E-state index contributed by atoms with van der Waals surface area (Å²) in [4.78, 5) is 28.0. The fraction of sp³-hybridized carbons (Fsp3) is 0.667. The second-order valence-corrected chi connectivity index (χ2v) is 6.57. The number of ether oxygens (including phenoxy) is 1. The number of thiazole rings is 1. The predicted octanol–water partition coefficient (Wildman–Crippen LogP) is 2.37. The fourth-order valence-corrected chi connectivity index (χ4v) is 3.11. The van der Waals surface area contributed by atoms with Crippen LogP contribution in [0.2, 0.25) is 0 Å². The van der Waals surface area contributed by atoms with Crippen LogP contribution in [0.5, 0.6) is 0 Å². The highest BCUT2D eigenvalue weighted by molar-refractivity contribution is 7.09. The van der Waals surface area contributed by atoms with Gasteiger partial charge >= 0.3 is 5.97 Å². The lowest BCUT2D eigenvalue weighted by Crippen LogP contribution is -2.42. The zero-order chi connectivity index (χ0) is 15.2. The molecule has 1 unspecified atom stereocenters. The quantitative estimate of drug-likeness (QED) is 0.848. The zero-order valence-electron chi connectivity index (χ0n) is 12.6. The molecule has 0 bridgehead atoms. The first-order valence-electron chi connectivity index (χ1n) is 7.45. The van der Waals surface area contributed by atoms with Crippen LogP contribution in [0, 0.1) is 6.92 Å². The summed E-state index contributed by atoms with van der Waals surface area (Å²) < 4.78 is 5.18. The van der Waals surface area contributed by atoms with Gasteiger partial charge in [0.1, 0.15) is 0 Å². The molecule has 6 heteroatoms. The molecule has 0 saturated heterocycles. The van der Waals surface area contributed by atoms with E-state index in [4.69, 9.17) is 4.74 Å². The Morgan fingerprint density at radius 2 is 2.14 bits per heavy atom. The normalized spacial score (nSPS) is 17.2. The molecule has 2 rings (SSSR count). The van der Waals surface area contributed by atoms with Crippen LogP contribution >= 0.6 is 11.3 Å². The highest BCUT2D eigenvalue weighted by Crippen LogP contribution is 2.17. The number of carbonyl (C=O) groups excluding carboxylic acids is 2. The zero-order valence-corrected chi connectivity index (χ0v) is 13.4. The Labute approximate surface area is 129 Å². The molecule has 1 aromatic rings. The van der Waals surface area contributed by atoms with Gasteiger partial charge in [0.05, 0.1) is 17.1 Å². The first-order chi connectivity index (χ1) is 10.0. The average Bonchev–Trinajstić information content (AvgIpc) is 2.84. The number of aryl methyl sites for hydroxylation is 1. The van der Waals surface area contributed by atoms with Gasteiger partial charge in [-0.2, -0.15) is 0 Å². The largest absolute Gasteiger partial charge is 0.452 e. The SMILES string of the molecule is Cc1nc(CC(=O)OC(C)C(=O)NC2CCCCC2)cs1. The van der Waals surface area contributed by atoms with E-state index in [1.54, 1.807) is 6.92 Å². The Kier molecular flexibility index (Phi) is 5.73. The van der Waals surface area contributed by atoms with Gasteiger partial charge in [-0.15, -0.1) is 11.3 Å². The summed E-state index contributed by atoms with van der Waals surface area (Å²) in [6.45, 7) is 3.50. The van der Waals surface area contributed by atoms with E-state index in [1.165, 1.54) is 17.8 Å². The second-order valence-electron chi connectivity index (χ2n) is 5.51. The van der Waals surface area contributed by atoms with Crippen LogP contribution in [-0.4, -0.2) is 29.0 Å². The fourth-order valence-electron chi connectivity index (χ4n) is 2.50. The summed E-state index contributed by atoms with van der Waals surface area (Å²) in [6.07, 6.45) is 4.95. The summed E-state index contributed by atoms with van der Waals surface area (Å²) >= 11 is 1.50. The van der Waals surface area contributed by atoms with E-state index in [9.17, 15) is 9.59 Å². The molecular formula is C15H22N2O3S. The van der Waals surface area contributed by atoms with Crippen molar-refractivity contribution in [1.82, 2.24) is 10.3 Å². The summed E-state index contributed by atoms with van der Waals surface area (Å²) in [5, 5.41) is 5.72. The number of esters is 1. The molecule has 21 heavy (non-hydrogen) atoms. The van der Waals surface area contributed by atoms with Crippen molar-refractivity contribution in [3.63, 3.8) is 0 Å². The van der Waals surface area contributed by atoms with Crippen LogP contribution in [0.4, 0.5) is 0 Å². The molecule has 5 nitrogen and oxygen atoms in total. The number of nitrogens with zero attached hydrogens (tertiary/aromatic N) is 1. The van der Waals surface area contributed by atoms with Gasteiger partial charge in [-0.05, 0) is 26.7 Å². The van der Waals surface area contributed by atoms with Gasteiger partial charge in [0.25, 0.3) is 5.91 Å². The van der Waals surface area contributed by atoms with Crippen molar-refractivity contribution < 1.29 is 14.3 Å². The van der Waals surface area contributed by atoms with Crippen LogP contribution in [0.1, 0.15) is 49.7 Å². The van der Waals surface area contributed by atoms with Gasteiger partial charge in [-0.3, -0.25) is 9.59 Å². The molecule has 0 aromatic carbocycles. The molecular weight excluding hydrogens is 288 g/mol. The summed E-state index contributed by atoms with van der Waals surface area (Å²) in [5.74, 6) is -0.615. The standard InChI is InChI=1S/C15H22N2O3S/c1-10(15(19)17-12-6-4-3-5-7-12)20-14(18)8-13-9-21-11(2)16-13/h9-10,12H,3-8H2,1-2H3,(H,17,19). The number of hydrogen-bond donors (Lipinski definition) is 1. The minimum absolute atomic E-state index is 0.116. The number of carbonyl (C=O) groups is 2. The van der Waals surface area contributed by atoms with Crippen LogP contribution in [0.3, 0.4) is 0 Å². The maximum Gasteiger partial charge on any atom is 0.312 e. The van der Waals surface area contributed by atoms with Gasteiger partial charge in [0, 0.05) is 11.4 Å². The molecule has 116 valence electrons. The minimum atomic E-state index is -0.751. The van der Waals surface area contributed by atoms with Crippen LogP contribution in [-0.2, 0) is 20.7 Å². The Balaban J connectivity index is 1.75. The number of nitrogens with one attached hydrogen (secondary N) is 1. The molecule has 0 spiro atoms. The highest BCUT2D eigenvalue weighted by Gasteiger charge is 2.22. The third kappa shape index (κ3) is 5.12. The van der Waals surface area contributed by atoms with Crippen LogP contribution < -0.4 is 5.32 Å². The van der Waals surface area contributed by atoms with E-state index in [1.807, 2.05) is 12.3 Å². The highest BCUT2D eigenvalue weighted by atomic mass is 32.1. The Morgan fingerprint density at radius 3 is 2.76 bits per heavy atom. The summed E-state index contributed by atoms with van der Waals surface area (Å²) in [6, 6.07) is 0.230. The van der Waals surface area contributed by atoms with Crippen molar-refractivity contribution in [3.8, 4) is 0 Å². The lowest BCUT2D eigenvalue weighted by atomic mass is 9.95. The van der Waals surface area contributed by atoms with Crippen molar-refractivity contribution in [2.24, 2.45) is 0 Å². The minimum Gasteiger partial charge on any atom is -0.452 e. The van der Waals surface area contributed by atoms with E-state index < -0.39 is 12.1 Å². The maximum absolute atomic E-state index is 12.0. The van der Waals surface area contributed by atoms with E-state index in [0.29, 0.717) is 5.69 Å². The number of rotatable bonds is 5. The topological polar surface area (TPSA) is 68.3 Å². The first kappa shape index (κ1) is 15.9. The lowest BCUT2D eigenvalue weighted by Gasteiger charge is -2.24. The van der Waals surface area contributed by atoms with Crippen molar-refractivity contribution in [1.29, 1.82) is 0 Å². The number of amides is 1. The van der Waals surface area contributed by atoms with Gasteiger partial charge < -0.3 is 10.1 Å². The second kappa shape index (κ2) is 7.54. The van der Waals surface area contributed by atoms with Crippen molar-refractivity contribution in [2.75, 3.05) is 0 Å². The summed E-state index contributed by atoms with van der Waals surface area (Å²) in [5.41, 5.74) is 0.697. The van der Waals surface area contributed by atoms with Crippen LogP contribution in [0.25, 0.3) is 0 Å². The van der Waals surface area contributed by atoms with Gasteiger partial charge in [-0.1, -0.05) is 19.3 Å². The monoisotopic (exact) mass is 310 g/mol. The Hall–Kier alpha value is -1.43. The van der Waals surface area contributed by atoms with E-state index in [-0.39, 0.29) is 18.4 Å². The third-order valence-corrected chi connectivity index (χ3v) is 4.44. The van der Waals surface area contributed by atoms with Gasteiger partial charge in [0.15, 0.2) is 6.10 Å². The Morgan fingerprint density at radius 1 is 1.43 bits per heavy atom. The molecule has 1 aliphatic rings. The molecule has 1 heterocycles. The van der Waals surface area contributed by atoms with Crippen LogP contribution in [0.15, 0.2) is 5.38 Å². The lowest BCUT2D eigenvalue weighted by molar-refractivity contribution is -0.154. The molecule has 1 atom stereocenters. The smallest absolute Gasteiger partial charge is 0.312 e. The molecule has 1 aromatic heterocycles. The van der Waals surface area contributed by atoms with Gasteiger partial charge in [0.2, 0.25) is 0 Å². The van der Waals surface area contributed by atoms with Crippen molar-refractivity contribution in [2.45, 2.75) is 64.5 Å². The Bertz CT molecular complexity index is 495. The van der Waals surface area contributed by atoms with Crippen molar-refractivity contribution in [3.05, 3.63) is 16.1 Å². The molecule has 1 N–H and O–H groups in total. The van der Waals surface area contributed by atoms with E-state index >= 15 is 0 Å². The average molecular weight is 310 g/mol. The van der Waals surface area contributed by atoms with E-state index in [2.05, 4.69) is 10.3 Å².